The van der Waals surface area contributed by atoms with E-state index in [9.17, 15) is 9.59 Å². The van der Waals surface area contributed by atoms with Gasteiger partial charge in [-0.2, -0.15) is 0 Å². The maximum Gasteiger partial charge on any atom is 0.253 e. The van der Waals surface area contributed by atoms with Gasteiger partial charge in [0.25, 0.3) is 5.91 Å². The number of ketones is 1. The summed E-state index contributed by atoms with van der Waals surface area (Å²) in [4.78, 5) is 26.1. The van der Waals surface area contributed by atoms with E-state index < -0.39 is 6.17 Å². The van der Waals surface area contributed by atoms with Gasteiger partial charge in [-0.05, 0) is 42.6 Å². The van der Waals surface area contributed by atoms with Crippen molar-refractivity contribution < 1.29 is 14.3 Å². The van der Waals surface area contributed by atoms with Crippen molar-refractivity contribution in [2.45, 2.75) is 13.1 Å². The quantitative estimate of drug-likeness (QED) is 0.454. The number of rotatable bonds is 8. The van der Waals surface area contributed by atoms with Crippen LogP contribution in [0.15, 0.2) is 72.1 Å². The van der Waals surface area contributed by atoms with Crippen molar-refractivity contribution in [2.24, 2.45) is 0 Å². The first-order valence-electron chi connectivity index (χ1n) is 8.61. The van der Waals surface area contributed by atoms with E-state index in [4.69, 9.17) is 4.74 Å². The van der Waals surface area contributed by atoms with Crippen molar-refractivity contribution in [1.29, 1.82) is 0 Å². The average Bonchev–Trinajstić information content (AvgIpc) is 3.24. The molecule has 0 aliphatic rings. The summed E-state index contributed by atoms with van der Waals surface area (Å²) >= 11 is 1.34. The minimum Gasteiger partial charge on any atom is -0.492 e. The molecule has 3 aromatic rings. The van der Waals surface area contributed by atoms with Gasteiger partial charge in [0.05, 0.1) is 17.2 Å². The summed E-state index contributed by atoms with van der Waals surface area (Å²) in [6.07, 6.45) is -0.919. The zero-order chi connectivity index (χ0) is 19.1. The van der Waals surface area contributed by atoms with Crippen LogP contribution in [0.5, 0.6) is 5.75 Å². The van der Waals surface area contributed by atoms with Crippen LogP contribution >= 0.6 is 11.3 Å². The number of Topliss-reactive ketones (excluding diaryl/α,β-unsaturated/α-hetero) is 1. The molecular weight excluding hydrogens is 360 g/mol. The van der Waals surface area contributed by atoms with Crippen LogP contribution in [0.2, 0.25) is 0 Å². The first kappa shape index (κ1) is 18.7. The van der Waals surface area contributed by atoms with Gasteiger partial charge in [0.1, 0.15) is 5.75 Å². The van der Waals surface area contributed by atoms with Gasteiger partial charge in [-0.15, -0.1) is 11.3 Å². The van der Waals surface area contributed by atoms with Crippen LogP contribution in [-0.4, -0.2) is 24.5 Å². The molecule has 3 rings (SSSR count). The zero-order valence-corrected chi connectivity index (χ0v) is 15.7. The van der Waals surface area contributed by atoms with Crippen molar-refractivity contribution in [3.63, 3.8) is 0 Å². The molecule has 1 heterocycles. The summed E-state index contributed by atoms with van der Waals surface area (Å²) in [5.74, 6) is 0.0884. The number of para-hydroxylation sites is 2. The fourth-order valence-electron chi connectivity index (χ4n) is 2.55. The lowest BCUT2D eigenvalue weighted by molar-refractivity contribution is 0.0871. The molecule has 5 nitrogen and oxygen atoms in total. The molecule has 27 heavy (non-hydrogen) atoms. The summed E-state index contributed by atoms with van der Waals surface area (Å²) in [5.41, 5.74) is 1.13. The Bertz CT molecular complexity index is 895. The Labute approximate surface area is 162 Å². The van der Waals surface area contributed by atoms with Crippen molar-refractivity contribution in [1.82, 2.24) is 5.32 Å². The highest BCUT2D eigenvalue weighted by Gasteiger charge is 2.24. The molecule has 2 N–H and O–H groups in total. The van der Waals surface area contributed by atoms with E-state index in [1.165, 1.54) is 11.3 Å². The molecule has 0 saturated heterocycles. The lowest BCUT2D eigenvalue weighted by atomic mass is 10.2. The third-order valence-corrected chi connectivity index (χ3v) is 4.71. The van der Waals surface area contributed by atoms with Crippen LogP contribution in [0.25, 0.3) is 0 Å². The maximum absolute atomic E-state index is 12.9. The van der Waals surface area contributed by atoms with Crippen molar-refractivity contribution in [3.05, 3.63) is 82.6 Å². The lowest BCUT2D eigenvalue weighted by Gasteiger charge is -2.21. The second-order valence-electron chi connectivity index (χ2n) is 5.69. The van der Waals surface area contributed by atoms with Crippen molar-refractivity contribution >= 4 is 28.7 Å². The van der Waals surface area contributed by atoms with E-state index >= 15 is 0 Å². The number of amides is 1. The van der Waals surface area contributed by atoms with E-state index in [0.29, 0.717) is 28.5 Å². The maximum atomic E-state index is 12.9. The van der Waals surface area contributed by atoms with Gasteiger partial charge in [-0.25, -0.2) is 0 Å². The van der Waals surface area contributed by atoms with Crippen LogP contribution < -0.4 is 15.4 Å². The van der Waals surface area contributed by atoms with Crippen LogP contribution in [0.4, 0.5) is 5.69 Å². The van der Waals surface area contributed by atoms with Crippen LogP contribution in [0, 0.1) is 0 Å². The molecule has 0 bridgehead atoms. The molecule has 0 saturated carbocycles. The summed E-state index contributed by atoms with van der Waals surface area (Å²) < 4.78 is 5.61. The van der Waals surface area contributed by atoms with Gasteiger partial charge in [0.15, 0.2) is 6.17 Å². The van der Waals surface area contributed by atoms with Crippen LogP contribution in [0.1, 0.15) is 27.0 Å². The summed E-state index contributed by atoms with van der Waals surface area (Å²) in [6.45, 7) is 2.39. The molecule has 0 fully saturated rings. The predicted octanol–water partition coefficient (Wildman–Crippen LogP) is 4.20. The molecule has 0 aliphatic carbocycles. The second-order valence-corrected chi connectivity index (χ2v) is 6.64. The average molecular weight is 380 g/mol. The second kappa shape index (κ2) is 9.00. The SMILES string of the molecule is CCOc1ccccc1N[C@H](NC(=O)c1ccccc1)C(=O)c1cccs1. The van der Waals surface area contributed by atoms with E-state index in [-0.39, 0.29) is 11.7 Å². The molecule has 138 valence electrons. The number of ether oxygens (including phenoxy) is 1. The highest BCUT2D eigenvalue weighted by molar-refractivity contribution is 7.12. The molecule has 1 amide bonds. The number of anilines is 1. The Morgan fingerprint density at radius 2 is 1.74 bits per heavy atom. The minimum atomic E-state index is -0.919. The van der Waals surface area contributed by atoms with E-state index in [1.807, 2.05) is 48.7 Å². The summed E-state index contributed by atoms with van der Waals surface area (Å²) in [6, 6.07) is 19.7. The Balaban J connectivity index is 1.86. The van der Waals surface area contributed by atoms with Crippen molar-refractivity contribution in [2.75, 3.05) is 11.9 Å². The first-order valence-corrected chi connectivity index (χ1v) is 9.49. The molecule has 6 heteroatoms. The van der Waals surface area contributed by atoms with Gasteiger partial charge in [-0.3, -0.25) is 9.59 Å². The Hall–Kier alpha value is -3.12. The van der Waals surface area contributed by atoms with Gasteiger partial charge in [0.2, 0.25) is 5.78 Å². The Kier molecular flexibility index (Phi) is 6.22. The topological polar surface area (TPSA) is 67.4 Å². The van der Waals surface area contributed by atoms with Crippen LogP contribution in [-0.2, 0) is 0 Å². The number of carbonyl (C=O) groups excluding carboxylic acids is 2. The molecule has 1 aromatic heterocycles. The monoisotopic (exact) mass is 380 g/mol. The zero-order valence-electron chi connectivity index (χ0n) is 14.8. The highest BCUT2D eigenvalue weighted by Crippen LogP contribution is 2.25. The number of thiophene rings is 1. The van der Waals surface area contributed by atoms with Gasteiger partial charge < -0.3 is 15.4 Å². The van der Waals surface area contributed by atoms with Gasteiger partial charge in [-0.1, -0.05) is 36.4 Å². The van der Waals surface area contributed by atoms with E-state index in [0.717, 1.165) is 0 Å². The Morgan fingerprint density at radius 3 is 2.44 bits per heavy atom. The number of hydrogen-bond donors (Lipinski definition) is 2. The summed E-state index contributed by atoms with van der Waals surface area (Å²) in [7, 11) is 0. The fourth-order valence-corrected chi connectivity index (χ4v) is 3.25. The van der Waals surface area contributed by atoms with E-state index in [2.05, 4.69) is 10.6 Å². The largest absolute Gasteiger partial charge is 0.492 e. The first-order chi connectivity index (χ1) is 13.2. The standard InChI is InChI=1S/C21H20N2O3S/c1-2-26-17-12-7-6-11-16(17)22-20(19(24)18-13-8-14-27-18)23-21(25)15-9-4-3-5-10-15/h3-14,20,22H,2H2,1H3,(H,23,25)/t20-/m1/s1. The van der Waals surface area contributed by atoms with Crippen molar-refractivity contribution in [3.8, 4) is 5.75 Å². The van der Waals surface area contributed by atoms with Crippen LogP contribution in [0.3, 0.4) is 0 Å². The minimum absolute atomic E-state index is 0.208. The molecule has 0 unspecified atom stereocenters. The predicted molar refractivity (Wildman–Crippen MR) is 108 cm³/mol. The van der Waals surface area contributed by atoms with Gasteiger partial charge in [0, 0.05) is 5.56 Å². The third-order valence-electron chi connectivity index (χ3n) is 3.82. The third kappa shape index (κ3) is 4.74. The molecule has 0 spiro atoms. The molecule has 0 radical (unpaired) electrons. The number of carbonyl (C=O) groups is 2. The highest BCUT2D eigenvalue weighted by atomic mass is 32.1. The fraction of sp³-hybridized carbons (Fsp3) is 0.143. The molecule has 2 aromatic carbocycles. The number of benzene rings is 2. The molecular formula is C21H20N2O3S. The number of hydrogen-bond acceptors (Lipinski definition) is 5. The Morgan fingerprint density at radius 1 is 1.00 bits per heavy atom. The number of nitrogens with one attached hydrogen (secondary N) is 2. The van der Waals surface area contributed by atoms with Gasteiger partial charge >= 0.3 is 0 Å². The van der Waals surface area contributed by atoms with E-state index in [1.54, 1.807) is 30.3 Å². The molecule has 0 aliphatic heterocycles. The molecule has 1 atom stereocenters. The smallest absolute Gasteiger partial charge is 0.253 e. The normalized spacial score (nSPS) is 11.4. The summed E-state index contributed by atoms with van der Waals surface area (Å²) in [5, 5.41) is 7.74. The lowest BCUT2D eigenvalue weighted by Crippen LogP contribution is -2.46.